The average Bonchev–Trinajstić information content (AvgIpc) is 2.74. The first-order chi connectivity index (χ1) is 14.2. The van der Waals surface area contributed by atoms with Gasteiger partial charge in [-0.2, -0.15) is 0 Å². The summed E-state index contributed by atoms with van der Waals surface area (Å²) >= 11 is 0. The van der Waals surface area contributed by atoms with Crippen molar-refractivity contribution >= 4 is 29.9 Å². The number of ether oxygens (including phenoxy) is 3. The predicted octanol–water partition coefficient (Wildman–Crippen LogP) is 4.23. The third kappa shape index (κ3) is 12.0. The number of aliphatic imine (C=N–C) groups is 1. The van der Waals surface area contributed by atoms with E-state index in [1.807, 2.05) is 12.1 Å². The van der Waals surface area contributed by atoms with Gasteiger partial charge in [-0.05, 0) is 55.7 Å². The Hall–Kier alpha value is -1.06. The van der Waals surface area contributed by atoms with Gasteiger partial charge < -0.3 is 24.8 Å². The second-order valence-electron chi connectivity index (χ2n) is 7.95. The quantitative estimate of drug-likeness (QED) is 0.182. The van der Waals surface area contributed by atoms with Crippen molar-refractivity contribution in [2.45, 2.75) is 46.6 Å². The number of nitrogens with zero attached hydrogens (tertiary/aromatic N) is 1. The molecule has 1 aliphatic heterocycles. The minimum Gasteiger partial charge on any atom is -0.493 e. The standard InChI is InChI=1S/C23H39N3O3.HI/c1-4-24-23(25-12-5-13-28-18-21-10-14-27-15-11-21)26-16-20-6-8-22(9-7-20)29-17-19(2)3;/h6-9,19,21H,4-5,10-18H2,1-3H3,(H2,24,25,26);1H. The fraction of sp³-hybridized carbons (Fsp3) is 0.696. The van der Waals surface area contributed by atoms with Gasteiger partial charge in [0.1, 0.15) is 5.75 Å². The second-order valence-corrected chi connectivity index (χ2v) is 7.95. The smallest absolute Gasteiger partial charge is 0.191 e. The maximum atomic E-state index is 5.82. The fourth-order valence-corrected chi connectivity index (χ4v) is 3.01. The lowest BCUT2D eigenvalue weighted by Crippen LogP contribution is -2.38. The minimum atomic E-state index is 0. The van der Waals surface area contributed by atoms with Crippen molar-refractivity contribution in [2.24, 2.45) is 16.8 Å². The zero-order chi connectivity index (χ0) is 20.7. The summed E-state index contributed by atoms with van der Waals surface area (Å²) in [6, 6.07) is 8.19. The summed E-state index contributed by atoms with van der Waals surface area (Å²) in [6.45, 7) is 12.8. The van der Waals surface area contributed by atoms with Gasteiger partial charge in [0, 0.05) is 39.5 Å². The molecule has 0 aromatic heterocycles. The Bertz CT molecular complexity index is 576. The maximum absolute atomic E-state index is 5.82. The molecule has 1 aliphatic rings. The first-order valence-corrected chi connectivity index (χ1v) is 11.1. The molecule has 0 spiro atoms. The average molecular weight is 533 g/mol. The molecule has 1 fully saturated rings. The Balaban J connectivity index is 0.00000450. The number of nitrogens with one attached hydrogen (secondary N) is 2. The molecule has 6 nitrogen and oxygen atoms in total. The fourth-order valence-electron chi connectivity index (χ4n) is 3.01. The van der Waals surface area contributed by atoms with Crippen LogP contribution in [0.5, 0.6) is 5.75 Å². The molecule has 2 N–H and O–H groups in total. The van der Waals surface area contributed by atoms with Gasteiger partial charge in [0.15, 0.2) is 5.96 Å². The highest BCUT2D eigenvalue weighted by Crippen LogP contribution is 2.15. The van der Waals surface area contributed by atoms with Crippen molar-refractivity contribution in [2.75, 3.05) is 46.1 Å². The lowest BCUT2D eigenvalue weighted by Gasteiger charge is -2.21. The predicted molar refractivity (Wildman–Crippen MR) is 134 cm³/mol. The summed E-state index contributed by atoms with van der Waals surface area (Å²) in [5.74, 6) is 2.95. The van der Waals surface area contributed by atoms with Gasteiger partial charge in [-0.3, -0.25) is 0 Å². The van der Waals surface area contributed by atoms with Crippen LogP contribution in [0.2, 0.25) is 0 Å². The zero-order valence-electron chi connectivity index (χ0n) is 18.8. The second kappa shape index (κ2) is 16.6. The maximum Gasteiger partial charge on any atom is 0.191 e. The molecule has 2 rings (SSSR count). The van der Waals surface area contributed by atoms with Crippen LogP contribution in [0.15, 0.2) is 29.3 Å². The van der Waals surface area contributed by atoms with Crippen molar-refractivity contribution in [3.05, 3.63) is 29.8 Å². The number of hydrogen-bond donors (Lipinski definition) is 2. The molecule has 0 amide bonds. The summed E-state index contributed by atoms with van der Waals surface area (Å²) in [7, 11) is 0. The van der Waals surface area contributed by atoms with Crippen molar-refractivity contribution in [3.8, 4) is 5.75 Å². The minimum absolute atomic E-state index is 0. The summed E-state index contributed by atoms with van der Waals surface area (Å²) in [6.07, 6.45) is 3.22. The van der Waals surface area contributed by atoms with E-state index in [0.717, 1.165) is 77.1 Å². The highest BCUT2D eigenvalue weighted by Gasteiger charge is 2.13. The van der Waals surface area contributed by atoms with E-state index >= 15 is 0 Å². The molecule has 30 heavy (non-hydrogen) atoms. The molecule has 0 atom stereocenters. The lowest BCUT2D eigenvalue weighted by molar-refractivity contribution is 0.0203. The molecule has 1 saturated heterocycles. The molecular formula is C23H40IN3O3. The van der Waals surface area contributed by atoms with E-state index in [1.54, 1.807) is 0 Å². The Morgan fingerprint density at radius 2 is 1.90 bits per heavy atom. The van der Waals surface area contributed by atoms with Gasteiger partial charge in [0.05, 0.1) is 13.2 Å². The monoisotopic (exact) mass is 533 g/mol. The van der Waals surface area contributed by atoms with Crippen molar-refractivity contribution in [3.63, 3.8) is 0 Å². The molecule has 7 heteroatoms. The van der Waals surface area contributed by atoms with Gasteiger partial charge >= 0.3 is 0 Å². The van der Waals surface area contributed by atoms with E-state index in [1.165, 1.54) is 5.56 Å². The molecule has 0 saturated carbocycles. The molecule has 0 aliphatic carbocycles. The number of halogens is 1. The summed E-state index contributed by atoms with van der Waals surface area (Å²) in [5.41, 5.74) is 1.17. The lowest BCUT2D eigenvalue weighted by atomic mass is 10.0. The van der Waals surface area contributed by atoms with Gasteiger partial charge in [0.25, 0.3) is 0 Å². The third-order valence-electron chi connectivity index (χ3n) is 4.72. The first kappa shape index (κ1) is 27.0. The Morgan fingerprint density at radius 3 is 2.57 bits per heavy atom. The van der Waals surface area contributed by atoms with E-state index in [2.05, 4.69) is 48.5 Å². The third-order valence-corrected chi connectivity index (χ3v) is 4.72. The Labute approximate surface area is 199 Å². The SMILES string of the molecule is CCNC(=NCc1ccc(OCC(C)C)cc1)NCCCOCC1CCOCC1.I. The van der Waals surface area contributed by atoms with Crippen LogP contribution in [0.3, 0.4) is 0 Å². The normalized spacial score (nSPS) is 15.0. The number of hydrogen-bond acceptors (Lipinski definition) is 4. The largest absolute Gasteiger partial charge is 0.493 e. The van der Waals surface area contributed by atoms with Crippen LogP contribution in [-0.2, 0) is 16.0 Å². The molecule has 0 unspecified atom stereocenters. The van der Waals surface area contributed by atoms with Crippen LogP contribution >= 0.6 is 24.0 Å². The number of rotatable bonds is 12. The highest BCUT2D eigenvalue weighted by atomic mass is 127. The van der Waals surface area contributed by atoms with Gasteiger partial charge in [-0.25, -0.2) is 4.99 Å². The zero-order valence-corrected chi connectivity index (χ0v) is 21.2. The van der Waals surface area contributed by atoms with Crippen molar-refractivity contribution < 1.29 is 14.2 Å². The molecule has 172 valence electrons. The molecule has 1 heterocycles. The van der Waals surface area contributed by atoms with E-state index in [-0.39, 0.29) is 24.0 Å². The van der Waals surface area contributed by atoms with Crippen LogP contribution in [0.25, 0.3) is 0 Å². The molecule has 1 aromatic carbocycles. The molecule has 1 aromatic rings. The van der Waals surface area contributed by atoms with E-state index in [4.69, 9.17) is 14.2 Å². The van der Waals surface area contributed by atoms with E-state index in [9.17, 15) is 0 Å². The molecule has 0 bridgehead atoms. The van der Waals surface area contributed by atoms with Crippen molar-refractivity contribution in [1.82, 2.24) is 10.6 Å². The van der Waals surface area contributed by atoms with Gasteiger partial charge in [0.2, 0.25) is 0 Å². The Morgan fingerprint density at radius 1 is 1.17 bits per heavy atom. The Kier molecular flexibility index (Phi) is 14.9. The van der Waals surface area contributed by atoms with Gasteiger partial charge in [-0.15, -0.1) is 24.0 Å². The molecular weight excluding hydrogens is 493 g/mol. The van der Waals surface area contributed by atoms with Crippen LogP contribution in [0, 0.1) is 11.8 Å². The highest BCUT2D eigenvalue weighted by molar-refractivity contribution is 14.0. The first-order valence-electron chi connectivity index (χ1n) is 11.1. The van der Waals surface area contributed by atoms with Gasteiger partial charge in [-0.1, -0.05) is 26.0 Å². The topological polar surface area (TPSA) is 64.1 Å². The van der Waals surface area contributed by atoms with Crippen LogP contribution < -0.4 is 15.4 Å². The number of benzene rings is 1. The summed E-state index contributed by atoms with van der Waals surface area (Å²) in [4.78, 5) is 4.68. The summed E-state index contributed by atoms with van der Waals surface area (Å²) in [5, 5.41) is 6.69. The summed E-state index contributed by atoms with van der Waals surface area (Å²) < 4.78 is 16.9. The number of guanidine groups is 1. The molecule has 0 radical (unpaired) electrons. The van der Waals surface area contributed by atoms with E-state index < -0.39 is 0 Å². The van der Waals surface area contributed by atoms with Crippen LogP contribution in [0.4, 0.5) is 0 Å². The van der Waals surface area contributed by atoms with Crippen LogP contribution in [0.1, 0.15) is 45.6 Å². The van der Waals surface area contributed by atoms with E-state index in [0.29, 0.717) is 18.4 Å². The van der Waals surface area contributed by atoms with Crippen LogP contribution in [-0.4, -0.2) is 52.1 Å². The van der Waals surface area contributed by atoms with Crippen molar-refractivity contribution in [1.29, 1.82) is 0 Å².